The first-order valence-electron chi connectivity index (χ1n) is 6.23. The molecule has 18 heavy (non-hydrogen) atoms. The van der Waals surface area contributed by atoms with Gasteiger partial charge in [0.05, 0.1) is 0 Å². The minimum atomic E-state index is 0.576. The molecule has 0 unspecified atom stereocenters. The van der Waals surface area contributed by atoms with Crippen molar-refractivity contribution in [3.8, 4) is 11.1 Å². The van der Waals surface area contributed by atoms with Gasteiger partial charge in [0.15, 0.2) is 0 Å². The first-order valence-corrected chi connectivity index (χ1v) is 6.23. The molecule has 0 aliphatic rings. The molecule has 0 aliphatic carbocycles. The van der Waals surface area contributed by atoms with E-state index in [0.717, 1.165) is 6.54 Å². The zero-order chi connectivity index (χ0) is 13.0. The maximum absolute atomic E-state index is 5.83. The highest BCUT2D eigenvalue weighted by atomic mass is 15.0. The van der Waals surface area contributed by atoms with Crippen LogP contribution in [0, 0.1) is 0 Å². The fraction of sp³-hybridized carbons (Fsp3) is 0.250. The summed E-state index contributed by atoms with van der Waals surface area (Å²) in [6.07, 6.45) is 0. The van der Waals surface area contributed by atoms with Crippen molar-refractivity contribution in [2.45, 2.75) is 13.1 Å². The Kier molecular flexibility index (Phi) is 4.13. The van der Waals surface area contributed by atoms with E-state index in [0.29, 0.717) is 6.54 Å². The molecule has 2 nitrogen and oxygen atoms in total. The van der Waals surface area contributed by atoms with Crippen LogP contribution in [0.4, 0.5) is 0 Å². The maximum Gasteiger partial charge on any atom is 0.0233 e. The summed E-state index contributed by atoms with van der Waals surface area (Å²) in [5, 5.41) is 0. The van der Waals surface area contributed by atoms with Crippen molar-refractivity contribution in [1.82, 2.24) is 4.90 Å². The molecule has 2 aromatic carbocycles. The molecule has 2 heteroatoms. The summed E-state index contributed by atoms with van der Waals surface area (Å²) in [5.74, 6) is 0. The average Bonchev–Trinajstić information content (AvgIpc) is 2.39. The second kappa shape index (κ2) is 5.80. The van der Waals surface area contributed by atoms with Gasteiger partial charge in [-0.1, -0.05) is 48.5 Å². The summed E-state index contributed by atoms with van der Waals surface area (Å²) < 4.78 is 0. The Bertz CT molecular complexity index is 518. The third-order valence-electron chi connectivity index (χ3n) is 3.03. The molecule has 0 atom stereocenters. The Morgan fingerprint density at radius 1 is 0.833 bits per heavy atom. The van der Waals surface area contributed by atoms with Crippen LogP contribution in [0.2, 0.25) is 0 Å². The van der Waals surface area contributed by atoms with Crippen LogP contribution in [0.1, 0.15) is 11.1 Å². The molecule has 0 bridgehead atoms. The largest absolute Gasteiger partial charge is 0.326 e. The topological polar surface area (TPSA) is 29.3 Å². The average molecular weight is 240 g/mol. The Morgan fingerprint density at radius 2 is 1.33 bits per heavy atom. The number of hydrogen-bond donors (Lipinski definition) is 1. The lowest BCUT2D eigenvalue weighted by molar-refractivity contribution is 0.403. The molecule has 2 aromatic rings. The van der Waals surface area contributed by atoms with Gasteiger partial charge in [0.1, 0.15) is 0 Å². The van der Waals surface area contributed by atoms with Gasteiger partial charge in [0.2, 0.25) is 0 Å². The summed E-state index contributed by atoms with van der Waals surface area (Å²) in [4.78, 5) is 2.18. The summed E-state index contributed by atoms with van der Waals surface area (Å²) >= 11 is 0. The van der Waals surface area contributed by atoms with Gasteiger partial charge in [-0.05, 0) is 36.3 Å². The van der Waals surface area contributed by atoms with Gasteiger partial charge < -0.3 is 10.6 Å². The molecule has 0 aliphatic heterocycles. The molecule has 0 aromatic heterocycles. The number of hydrogen-bond acceptors (Lipinski definition) is 2. The van der Waals surface area contributed by atoms with Crippen LogP contribution in [-0.4, -0.2) is 19.0 Å². The highest BCUT2D eigenvalue weighted by Gasteiger charge is 2.08. The highest BCUT2D eigenvalue weighted by molar-refractivity contribution is 5.70. The summed E-state index contributed by atoms with van der Waals surface area (Å²) in [5.41, 5.74) is 10.9. The van der Waals surface area contributed by atoms with Crippen molar-refractivity contribution in [1.29, 1.82) is 0 Å². The van der Waals surface area contributed by atoms with Gasteiger partial charge in [0, 0.05) is 13.1 Å². The van der Waals surface area contributed by atoms with E-state index in [2.05, 4.69) is 61.5 Å². The van der Waals surface area contributed by atoms with E-state index >= 15 is 0 Å². The quantitative estimate of drug-likeness (QED) is 0.890. The summed E-state index contributed by atoms with van der Waals surface area (Å²) in [6, 6.07) is 16.9. The van der Waals surface area contributed by atoms with Crippen LogP contribution < -0.4 is 5.73 Å². The smallest absolute Gasteiger partial charge is 0.0233 e. The van der Waals surface area contributed by atoms with E-state index in [-0.39, 0.29) is 0 Å². The lowest BCUT2D eigenvalue weighted by atomic mass is 9.95. The van der Waals surface area contributed by atoms with E-state index in [4.69, 9.17) is 5.73 Å². The van der Waals surface area contributed by atoms with Gasteiger partial charge in [0.25, 0.3) is 0 Å². The van der Waals surface area contributed by atoms with E-state index in [1.54, 1.807) is 0 Å². The van der Waals surface area contributed by atoms with E-state index in [1.165, 1.54) is 22.3 Å². The minimum absolute atomic E-state index is 0.576. The molecular weight excluding hydrogens is 220 g/mol. The standard InChI is InChI=1S/C16H20N2/c1-18(2)12-14-8-4-6-10-16(14)15-9-5-3-7-13(15)11-17/h3-10H,11-12,17H2,1-2H3. The molecule has 0 radical (unpaired) electrons. The predicted molar refractivity (Wildman–Crippen MR) is 77.2 cm³/mol. The summed E-state index contributed by atoms with van der Waals surface area (Å²) in [7, 11) is 4.18. The van der Waals surface area contributed by atoms with Crippen LogP contribution in [0.25, 0.3) is 11.1 Å². The van der Waals surface area contributed by atoms with Crippen molar-refractivity contribution >= 4 is 0 Å². The molecule has 2 rings (SSSR count). The zero-order valence-electron chi connectivity index (χ0n) is 11.1. The highest BCUT2D eigenvalue weighted by Crippen LogP contribution is 2.27. The van der Waals surface area contributed by atoms with Crippen molar-refractivity contribution in [3.63, 3.8) is 0 Å². The second-order valence-electron chi connectivity index (χ2n) is 4.76. The maximum atomic E-state index is 5.83. The molecule has 2 N–H and O–H groups in total. The molecule has 0 fully saturated rings. The number of nitrogens with two attached hydrogens (primary N) is 1. The lowest BCUT2D eigenvalue weighted by Gasteiger charge is -2.16. The van der Waals surface area contributed by atoms with Crippen LogP contribution in [0.15, 0.2) is 48.5 Å². The van der Waals surface area contributed by atoms with Gasteiger partial charge in [-0.15, -0.1) is 0 Å². The summed E-state index contributed by atoms with van der Waals surface area (Å²) in [6.45, 7) is 1.52. The monoisotopic (exact) mass is 240 g/mol. The third-order valence-corrected chi connectivity index (χ3v) is 3.03. The first kappa shape index (κ1) is 12.8. The fourth-order valence-electron chi connectivity index (χ4n) is 2.22. The van der Waals surface area contributed by atoms with Crippen LogP contribution >= 0.6 is 0 Å². The molecule has 0 spiro atoms. The molecule has 0 heterocycles. The van der Waals surface area contributed by atoms with Crippen LogP contribution in [0.3, 0.4) is 0 Å². The van der Waals surface area contributed by atoms with E-state index in [1.807, 2.05) is 6.07 Å². The Balaban J connectivity index is 2.49. The predicted octanol–water partition coefficient (Wildman–Crippen LogP) is 2.87. The fourth-order valence-corrected chi connectivity index (χ4v) is 2.22. The molecule has 0 saturated carbocycles. The van der Waals surface area contributed by atoms with Crippen LogP contribution in [-0.2, 0) is 13.1 Å². The lowest BCUT2D eigenvalue weighted by Crippen LogP contribution is -2.11. The van der Waals surface area contributed by atoms with E-state index < -0.39 is 0 Å². The SMILES string of the molecule is CN(C)Cc1ccccc1-c1ccccc1CN. The minimum Gasteiger partial charge on any atom is -0.326 e. The Morgan fingerprint density at radius 3 is 1.89 bits per heavy atom. The molecule has 94 valence electrons. The number of benzene rings is 2. The van der Waals surface area contributed by atoms with Crippen LogP contribution in [0.5, 0.6) is 0 Å². The van der Waals surface area contributed by atoms with Crippen molar-refractivity contribution in [3.05, 3.63) is 59.7 Å². The van der Waals surface area contributed by atoms with Crippen molar-refractivity contribution in [2.24, 2.45) is 5.73 Å². The molecular formula is C16H20N2. The van der Waals surface area contributed by atoms with Gasteiger partial charge in [-0.3, -0.25) is 0 Å². The molecule has 0 amide bonds. The Labute approximate surface area is 109 Å². The second-order valence-corrected chi connectivity index (χ2v) is 4.76. The van der Waals surface area contributed by atoms with Gasteiger partial charge in [-0.25, -0.2) is 0 Å². The van der Waals surface area contributed by atoms with Gasteiger partial charge in [-0.2, -0.15) is 0 Å². The normalized spacial score (nSPS) is 10.9. The van der Waals surface area contributed by atoms with Crippen molar-refractivity contribution in [2.75, 3.05) is 14.1 Å². The number of rotatable bonds is 4. The first-order chi connectivity index (χ1) is 8.72. The number of nitrogens with zero attached hydrogens (tertiary/aromatic N) is 1. The van der Waals surface area contributed by atoms with Crippen molar-refractivity contribution < 1.29 is 0 Å². The van der Waals surface area contributed by atoms with E-state index in [9.17, 15) is 0 Å². The zero-order valence-corrected chi connectivity index (χ0v) is 11.1. The molecule has 0 saturated heterocycles. The van der Waals surface area contributed by atoms with Gasteiger partial charge >= 0.3 is 0 Å². The Hall–Kier alpha value is -1.64. The third kappa shape index (κ3) is 2.78.